The number of nitrogens with one attached hydrogen (secondary N) is 1. The van der Waals surface area contributed by atoms with Crippen LogP contribution in [-0.2, 0) is 9.59 Å². The Kier molecular flexibility index (Phi) is 5.19. The molecule has 5 nitrogen and oxygen atoms in total. The summed E-state index contributed by atoms with van der Waals surface area (Å²) in [4.78, 5) is 25.4. The van der Waals surface area contributed by atoms with Crippen LogP contribution in [0, 0.1) is 5.92 Å². The van der Waals surface area contributed by atoms with Gasteiger partial charge in [-0.3, -0.25) is 4.79 Å². The summed E-state index contributed by atoms with van der Waals surface area (Å²) in [5.41, 5.74) is 0. The van der Waals surface area contributed by atoms with Gasteiger partial charge in [0.1, 0.15) is 6.04 Å². The predicted octanol–water partition coefficient (Wildman–Crippen LogP) is 1.23. The van der Waals surface area contributed by atoms with E-state index >= 15 is 0 Å². The largest absolute Gasteiger partial charge is 0.480 e. The minimum atomic E-state index is -0.897. The van der Waals surface area contributed by atoms with Crippen LogP contribution in [0.25, 0.3) is 0 Å². The molecule has 2 aliphatic rings. The number of carbonyl (C=O) groups excluding carboxylic acids is 1. The lowest BCUT2D eigenvalue weighted by Gasteiger charge is -2.36. The van der Waals surface area contributed by atoms with Crippen molar-refractivity contribution in [3.05, 3.63) is 0 Å². The van der Waals surface area contributed by atoms with E-state index in [2.05, 4.69) is 5.32 Å². The normalized spacial score (nSPS) is 26.5. The highest BCUT2D eigenvalue weighted by molar-refractivity contribution is 5.85. The average molecular weight is 268 g/mol. The molecule has 1 aliphatic heterocycles. The van der Waals surface area contributed by atoms with Crippen LogP contribution in [-0.4, -0.2) is 47.6 Å². The molecule has 0 spiro atoms. The third-order valence-corrected chi connectivity index (χ3v) is 4.27. The molecular weight excluding hydrogens is 244 g/mol. The number of aliphatic carboxylic acids is 1. The van der Waals surface area contributed by atoms with Crippen LogP contribution in [0.3, 0.4) is 0 Å². The van der Waals surface area contributed by atoms with Crippen LogP contribution in [0.1, 0.15) is 44.9 Å². The molecule has 0 aromatic carbocycles. The van der Waals surface area contributed by atoms with Crippen LogP contribution in [0.5, 0.6) is 0 Å². The summed E-state index contributed by atoms with van der Waals surface area (Å²) in [5.74, 6) is -0.789. The van der Waals surface area contributed by atoms with Crippen LogP contribution in [0.2, 0.25) is 0 Å². The minimum Gasteiger partial charge on any atom is -0.480 e. The lowest BCUT2D eigenvalue weighted by atomic mass is 9.89. The van der Waals surface area contributed by atoms with Gasteiger partial charge >= 0.3 is 5.97 Å². The monoisotopic (exact) mass is 268 g/mol. The number of amides is 1. The molecule has 1 aliphatic carbocycles. The van der Waals surface area contributed by atoms with Crippen LogP contribution in [0.15, 0.2) is 0 Å². The predicted molar refractivity (Wildman–Crippen MR) is 71.8 cm³/mol. The minimum absolute atomic E-state index is 0.0419. The fourth-order valence-corrected chi connectivity index (χ4v) is 3.13. The number of hydrogen-bond acceptors (Lipinski definition) is 3. The lowest BCUT2D eigenvalue weighted by Crippen LogP contribution is -2.58. The molecule has 5 heteroatoms. The highest BCUT2D eigenvalue weighted by atomic mass is 16.4. The van der Waals surface area contributed by atoms with Gasteiger partial charge in [0.2, 0.25) is 5.91 Å². The molecule has 1 saturated carbocycles. The molecular formula is C14H24N2O3. The highest BCUT2D eigenvalue weighted by Crippen LogP contribution is 2.25. The van der Waals surface area contributed by atoms with Crippen LogP contribution < -0.4 is 5.32 Å². The van der Waals surface area contributed by atoms with Crippen molar-refractivity contribution in [2.24, 2.45) is 5.92 Å². The van der Waals surface area contributed by atoms with E-state index in [1.807, 2.05) is 0 Å². The van der Waals surface area contributed by atoms with Gasteiger partial charge < -0.3 is 15.3 Å². The Balaban J connectivity index is 2.00. The number of carboxylic acid groups (broad SMARTS) is 1. The third kappa shape index (κ3) is 3.69. The van der Waals surface area contributed by atoms with E-state index in [-0.39, 0.29) is 11.8 Å². The molecule has 2 N–H and O–H groups in total. The maximum atomic E-state index is 12.6. The number of carboxylic acids is 1. The molecule has 108 valence electrons. The molecule has 19 heavy (non-hydrogen) atoms. The van der Waals surface area contributed by atoms with Crippen molar-refractivity contribution in [1.29, 1.82) is 0 Å². The maximum absolute atomic E-state index is 12.6. The van der Waals surface area contributed by atoms with E-state index < -0.39 is 12.0 Å². The first-order valence-electron chi connectivity index (χ1n) is 7.44. The summed E-state index contributed by atoms with van der Waals surface area (Å²) in [5, 5.41) is 12.3. The Labute approximate surface area is 114 Å². The van der Waals surface area contributed by atoms with Gasteiger partial charge in [0, 0.05) is 25.6 Å². The molecule has 1 unspecified atom stereocenters. The van der Waals surface area contributed by atoms with Crippen molar-refractivity contribution in [1.82, 2.24) is 10.2 Å². The van der Waals surface area contributed by atoms with Crippen molar-refractivity contribution in [3.8, 4) is 0 Å². The van der Waals surface area contributed by atoms with Crippen molar-refractivity contribution >= 4 is 11.9 Å². The second-order valence-electron chi connectivity index (χ2n) is 5.63. The SMILES string of the molecule is O=C(O)C1CNCCN1C(=O)C1CCCCCCC1. The Bertz CT molecular complexity index is 325. The Morgan fingerprint density at radius 1 is 1.05 bits per heavy atom. The van der Waals surface area contributed by atoms with E-state index in [9.17, 15) is 14.7 Å². The van der Waals surface area contributed by atoms with E-state index in [0.29, 0.717) is 19.6 Å². The van der Waals surface area contributed by atoms with Gasteiger partial charge in [-0.25, -0.2) is 4.79 Å². The Morgan fingerprint density at radius 3 is 2.32 bits per heavy atom. The second-order valence-corrected chi connectivity index (χ2v) is 5.63. The molecule has 1 amide bonds. The van der Waals surface area contributed by atoms with Gasteiger partial charge in [0.15, 0.2) is 0 Å². The average Bonchev–Trinajstić information content (AvgIpc) is 2.37. The molecule has 2 rings (SSSR count). The number of piperazine rings is 1. The second kappa shape index (κ2) is 6.89. The summed E-state index contributed by atoms with van der Waals surface area (Å²) < 4.78 is 0. The zero-order chi connectivity index (χ0) is 13.7. The van der Waals surface area contributed by atoms with E-state index in [0.717, 1.165) is 25.7 Å². The fraction of sp³-hybridized carbons (Fsp3) is 0.857. The summed E-state index contributed by atoms with van der Waals surface area (Å²) >= 11 is 0. The van der Waals surface area contributed by atoms with Crippen molar-refractivity contribution in [2.75, 3.05) is 19.6 Å². The zero-order valence-corrected chi connectivity index (χ0v) is 11.4. The molecule has 0 radical (unpaired) electrons. The molecule has 1 atom stereocenters. The number of nitrogens with zero attached hydrogens (tertiary/aromatic N) is 1. The van der Waals surface area contributed by atoms with Gasteiger partial charge in [-0.1, -0.05) is 32.1 Å². The maximum Gasteiger partial charge on any atom is 0.327 e. The number of carbonyl (C=O) groups is 2. The van der Waals surface area contributed by atoms with Gasteiger partial charge in [0.05, 0.1) is 0 Å². The summed E-state index contributed by atoms with van der Waals surface area (Å²) in [6.07, 6.45) is 7.72. The van der Waals surface area contributed by atoms with Crippen LogP contribution in [0.4, 0.5) is 0 Å². The molecule has 1 saturated heterocycles. The van der Waals surface area contributed by atoms with Gasteiger partial charge in [-0.2, -0.15) is 0 Å². The summed E-state index contributed by atoms with van der Waals surface area (Å²) in [7, 11) is 0. The molecule has 0 aromatic rings. The van der Waals surface area contributed by atoms with Crippen molar-refractivity contribution < 1.29 is 14.7 Å². The smallest absolute Gasteiger partial charge is 0.327 e. The standard InChI is InChI=1S/C14H24N2O3/c17-13(11-6-4-2-1-3-5-7-11)16-9-8-15-10-12(16)14(18)19/h11-12,15H,1-10H2,(H,18,19). The Hall–Kier alpha value is -1.10. The molecule has 0 aromatic heterocycles. The molecule has 2 fully saturated rings. The van der Waals surface area contributed by atoms with Gasteiger partial charge in [-0.05, 0) is 12.8 Å². The highest BCUT2D eigenvalue weighted by Gasteiger charge is 2.35. The first-order valence-corrected chi connectivity index (χ1v) is 7.44. The van der Waals surface area contributed by atoms with Gasteiger partial charge in [0.25, 0.3) is 0 Å². The topological polar surface area (TPSA) is 69.6 Å². The summed E-state index contributed by atoms with van der Waals surface area (Å²) in [6, 6.07) is -0.688. The van der Waals surface area contributed by atoms with E-state index in [4.69, 9.17) is 0 Å². The first-order chi connectivity index (χ1) is 9.20. The molecule has 0 bridgehead atoms. The fourth-order valence-electron chi connectivity index (χ4n) is 3.13. The van der Waals surface area contributed by atoms with Crippen molar-refractivity contribution in [3.63, 3.8) is 0 Å². The van der Waals surface area contributed by atoms with Gasteiger partial charge in [-0.15, -0.1) is 0 Å². The number of hydrogen-bond donors (Lipinski definition) is 2. The zero-order valence-electron chi connectivity index (χ0n) is 11.4. The lowest BCUT2D eigenvalue weighted by molar-refractivity contribution is -0.153. The van der Waals surface area contributed by atoms with E-state index in [1.165, 1.54) is 19.3 Å². The third-order valence-electron chi connectivity index (χ3n) is 4.27. The summed E-state index contributed by atoms with van der Waals surface area (Å²) in [6.45, 7) is 1.59. The molecule has 1 heterocycles. The van der Waals surface area contributed by atoms with E-state index in [1.54, 1.807) is 4.90 Å². The number of rotatable bonds is 2. The quantitative estimate of drug-likeness (QED) is 0.790. The van der Waals surface area contributed by atoms with Crippen LogP contribution >= 0.6 is 0 Å². The Morgan fingerprint density at radius 2 is 1.68 bits per heavy atom. The van der Waals surface area contributed by atoms with Crippen molar-refractivity contribution in [2.45, 2.75) is 51.0 Å². The first kappa shape index (κ1) is 14.3.